The van der Waals surface area contributed by atoms with Crippen molar-refractivity contribution in [3.63, 3.8) is 0 Å². The minimum atomic E-state index is -0.717. The maximum atomic E-state index is 13.0. The van der Waals surface area contributed by atoms with E-state index in [1.807, 2.05) is 18.2 Å². The van der Waals surface area contributed by atoms with Crippen molar-refractivity contribution < 1.29 is 19.1 Å². The molecular formula is C22H20ClN3O4S. The van der Waals surface area contributed by atoms with Crippen molar-refractivity contribution in [1.29, 1.82) is 0 Å². The summed E-state index contributed by atoms with van der Waals surface area (Å²) in [6.45, 7) is 4.52. The van der Waals surface area contributed by atoms with Gasteiger partial charge in [-0.1, -0.05) is 23.7 Å². The van der Waals surface area contributed by atoms with Gasteiger partial charge in [-0.05, 0) is 54.2 Å². The number of benzene rings is 2. The van der Waals surface area contributed by atoms with E-state index >= 15 is 0 Å². The molecule has 9 heteroatoms. The smallest absolute Gasteiger partial charge is 0.252 e. The van der Waals surface area contributed by atoms with Crippen LogP contribution < -0.4 is 14.8 Å². The highest BCUT2D eigenvalue weighted by molar-refractivity contribution is 7.80. The quantitative estimate of drug-likeness (QED) is 0.506. The maximum absolute atomic E-state index is 13.0. The predicted molar refractivity (Wildman–Crippen MR) is 121 cm³/mol. The molecule has 0 bridgehead atoms. The molecule has 1 N–H and O–H groups in total. The lowest BCUT2D eigenvalue weighted by Gasteiger charge is -2.24. The van der Waals surface area contributed by atoms with Crippen molar-refractivity contribution in [2.24, 2.45) is 0 Å². The van der Waals surface area contributed by atoms with E-state index < -0.39 is 6.04 Å². The summed E-state index contributed by atoms with van der Waals surface area (Å²) in [5.74, 6) is 0.807. The number of carbonyl (C=O) groups is 2. The van der Waals surface area contributed by atoms with Crippen LogP contribution in [0.5, 0.6) is 11.5 Å². The minimum absolute atomic E-state index is 0.0419. The normalized spacial score (nSPS) is 17.3. The van der Waals surface area contributed by atoms with Crippen molar-refractivity contribution in [3.05, 3.63) is 65.7 Å². The Hall–Kier alpha value is -3.10. The van der Waals surface area contributed by atoms with Gasteiger partial charge < -0.3 is 19.7 Å². The molecule has 2 heterocycles. The van der Waals surface area contributed by atoms with Gasteiger partial charge in [0, 0.05) is 23.8 Å². The summed E-state index contributed by atoms with van der Waals surface area (Å²) < 4.78 is 10.8. The van der Waals surface area contributed by atoms with Crippen LogP contribution in [0, 0.1) is 0 Å². The average molecular weight is 458 g/mol. The number of rotatable bonds is 7. The lowest BCUT2D eigenvalue weighted by atomic mass is 10.1. The van der Waals surface area contributed by atoms with Crippen LogP contribution in [0.3, 0.4) is 0 Å². The molecule has 1 atom stereocenters. The van der Waals surface area contributed by atoms with E-state index in [4.69, 9.17) is 33.3 Å². The molecule has 160 valence electrons. The Morgan fingerprint density at radius 1 is 1.23 bits per heavy atom. The number of fused-ring (bicyclic) bond motifs is 1. The van der Waals surface area contributed by atoms with E-state index in [-0.39, 0.29) is 31.6 Å². The molecule has 2 aliphatic heterocycles. The van der Waals surface area contributed by atoms with Gasteiger partial charge >= 0.3 is 0 Å². The number of hydrogen-bond acceptors (Lipinski definition) is 5. The lowest BCUT2D eigenvalue weighted by Crippen LogP contribution is -2.37. The topological polar surface area (TPSA) is 71.1 Å². The summed E-state index contributed by atoms with van der Waals surface area (Å²) >= 11 is 11.4. The SMILES string of the molecule is C=CCN1C(=O)C(CC(=O)Nc2ccc(Cl)cc2)N(Cc2ccc3c(c2)OCO3)C1=S. The van der Waals surface area contributed by atoms with Gasteiger partial charge in [-0.3, -0.25) is 14.5 Å². The fourth-order valence-corrected chi connectivity index (χ4v) is 4.01. The first-order valence-electron chi connectivity index (χ1n) is 9.63. The van der Waals surface area contributed by atoms with Crippen molar-refractivity contribution in [1.82, 2.24) is 9.80 Å². The van der Waals surface area contributed by atoms with Gasteiger partial charge in [0.25, 0.3) is 5.91 Å². The largest absolute Gasteiger partial charge is 0.454 e. The summed E-state index contributed by atoms with van der Waals surface area (Å²) in [5.41, 5.74) is 1.50. The van der Waals surface area contributed by atoms with Crippen molar-refractivity contribution in [2.75, 3.05) is 18.7 Å². The molecule has 31 heavy (non-hydrogen) atoms. The van der Waals surface area contributed by atoms with Gasteiger partial charge in [0.15, 0.2) is 16.6 Å². The zero-order chi connectivity index (χ0) is 22.0. The molecule has 2 aliphatic rings. The highest BCUT2D eigenvalue weighted by Gasteiger charge is 2.42. The summed E-state index contributed by atoms with van der Waals surface area (Å²) in [7, 11) is 0. The number of amides is 2. The van der Waals surface area contributed by atoms with E-state index in [1.165, 1.54) is 4.90 Å². The zero-order valence-electron chi connectivity index (χ0n) is 16.5. The maximum Gasteiger partial charge on any atom is 0.252 e. The van der Waals surface area contributed by atoms with E-state index in [2.05, 4.69) is 11.9 Å². The van der Waals surface area contributed by atoms with Crippen molar-refractivity contribution in [2.45, 2.75) is 19.0 Å². The molecule has 2 aromatic carbocycles. The van der Waals surface area contributed by atoms with E-state index in [1.54, 1.807) is 35.2 Å². The average Bonchev–Trinajstić information content (AvgIpc) is 3.30. The second-order valence-corrected chi connectivity index (χ2v) is 7.91. The van der Waals surface area contributed by atoms with Crippen LogP contribution in [0.1, 0.15) is 12.0 Å². The number of hydrogen-bond donors (Lipinski definition) is 1. The molecule has 1 saturated heterocycles. The van der Waals surface area contributed by atoms with Gasteiger partial charge in [-0.15, -0.1) is 6.58 Å². The molecule has 0 aliphatic carbocycles. The van der Waals surface area contributed by atoms with Gasteiger partial charge in [-0.25, -0.2) is 0 Å². The third-order valence-corrected chi connectivity index (χ3v) is 5.72. The fraction of sp³-hybridized carbons (Fsp3) is 0.227. The third-order valence-electron chi connectivity index (χ3n) is 5.01. The monoisotopic (exact) mass is 457 g/mol. The Kier molecular flexibility index (Phi) is 6.11. The first kappa shape index (κ1) is 21.1. The Balaban J connectivity index is 1.52. The zero-order valence-corrected chi connectivity index (χ0v) is 18.1. The molecule has 1 fully saturated rings. The number of carbonyl (C=O) groups excluding carboxylic acids is 2. The number of nitrogens with one attached hydrogen (secondary N) is 1. The number of nitrogens with zero attached hydrogens (tertiary/aromatic N) is 2. The van der Waals surface area contributed by atoms with Crippen LogP contribution in [0.2, 0.25) is 5.02 Å². The summed E-state index contributed by atoms with van der Waals surface area (Å²) in [6.07, 6.45) is 1.57. The van der Waals surface area contributed by atoms with Crippen LogP contribution >= 0.6 is 23.8 Å². The molecule has 2 aromatic rings. The summed E-state index contributed by atoms with van der Waals surface area (Å²) in [4.78, 5) is 28.9. The number of anilines is 1. The first-order chi connectivity index (χ1) is 15.0. The van der Waals surface area contributed by atoms with E-state index in [0.717, 1.165) is 5.56 Å². The molecule has 1 unspecified atom stereocenters. The molecule has 0 spiro atoms. The van der Waals surface area contributed by atoms with Gasteiger partial charge in [0.2, 0.25) is 12.7 Å². The number of ether oxygens (including phenoxy) is 2. The number of halogens is 1. The summed E-state index contributed by atoms with van der Waals surface area (Å²) in [6, 6.07) is 11.6. The Morgan fingerprint density at radius 2 is 1.97 bits per heavy atom. The molecule has 0 saturated carbocycles. The summed E-state index contributed by atoms with van der Waals surface area (Å²) in [5, 5.41) is 3.74. The molecule has 7 nitrogen and oxygen atoms in total. The lowest BCUT2D eigenvalue weighted by molar-refractivity contribution is -0.130. The van der Waals surface area contributed by atoms with Crippen LogP contribution in [0.15, 0.2) is 55.1 Å². The second-order valence-electron chi connectivity index (χ2n) is 7.11. The number of thiocarbonyl (C=S) groups is 1. The van der Waals surface area contributed by atoms with E-state index in [9.17, 15) is 9.59 Å². The van der Waals surface area contributed by atoms with Crippen LogP contribution in [0.4, 0.5) is 5.69 Å². The highest BCUT2D eigenvalue weighted by atomic mass is 35.5. The minimum Gasteiger partial charge on any atom is -0.454 e. The Morgan fingerprint density at radius 3 is 2.71 bits per heavy atom. The second kappa shape index (κ2) is 8.95. The van der Waals surface area contributed by atoms with Crippen molar-refractivity contribution in [3.8, 4) is 11.5 Å². The van der Waals surface area contributed by atoms with Crippen LogP contribution in [-0.4, -0.2) is 46.1 Å². The van der Waals surface area contributed by atoms with Gasteiger partial charge in [0.1, 0.15) is 6.04 Å². The van der Waals surface area contributed by atoms with Gasteiger partial charge in [0.05, 0.1) is 6.42 Å². The third kappa shape index (κ3) is 4.50. The molecule has 4 rings (SSSR count). The van der Waals surface area contributed by atoms with Crippen LogP contribution in [0.25, 0.3) is 0 Å². The Labute approximate surface area is 190 Å². The van der Waals surface area contributed by atoms with E-state index in [0.29, 0.717) is 33.9 Å². The molecule has 2 amide bonds. The standard InChI is InChI=1S/C22H20ClN3O4S/c1-2-9-25-21(28)17(11-20(27)24-16-6-4-15(23)5-7-16)26(22(25)31)12-14-3-8-18-19(10-14)30-13-29-18/h2-8,10,17H,1,9,11-13H2,(H,24,27). The Bertz CT molecular complexity index is 1040. The predicted octanol–water partition coefficient (Wildman–Crippen LogP) is 3.58. The fourth-order valence-electron chi connectivity index (χ4n) is 3.53. The first-order valence-corrected chi connectivity index (χ1v) is 10.4. The molecule has 0 aromatic heterocycles. The molecule has 0 radical (unpaired) electrons. The molecular weight excluding hydrogens is 438 g/mol. The highest BCUT2D eigenvalue weighted by Crippen LogP contribution is 2.34. The van der Waals surface area contributed by atoms with Crippen LogP contribution in [-0.2, 0) is 16.1 Å². The van der Waals surface area contributed by atoms with Gasteiger partial charge in [-0.2, -0.15) is 0 Å². The van der Waals surface area contributed by atoms with Crippen molar-refractivity contribution >= 4 is 46.4 Å².